The molecule has 3 heterocycles. The van der Waals surface area contributed by atoms with Gasteiger partial charge in [0.2, 0.25) is 11.8 Å². The maximum Gasteiger partial charge on any atom is 0.407 e. The first-order chi connectivity index (χ1) is 30.2. The topological polar surface area (TPSA) is 187 Å². The molecule has 332 valence electrons. The Hall–Kier alpha value is -6.51. The first-order valence-corrected chi connectivity index (χ1v) is 21.7. The molecular weight excluding hydrogens is 799 g/mol. The number of ether oxygens (including phenoxy) is 2. The molecule has 4 N–H and O–H groups in total. The molecule has 1 saturated heterocycles. The van der Waals surface area contributed by atoms with Gasteiger partial charge in [-0.3, -0.25) is 9.59 Å². The van der Waals surface area contributed by atoms with E-state index < -0.39 is 24.3 Å². The largest absolute Gasteiger partial charge is 0.453 e. The lowest BCUT2D eigenvalue weighted by Gasteiger charge is -2.30. The molecule has 7 rings (SSSR count). The summed E-state index contributed by atoms with van der Waals surface area (Å²) >= 11 is 0. The van der Waals surface area contributed by atoms with Crippen molar-refractivity contribution in [3.8, 4) is 33.6 Å². The average Bonchev–Trinajstić information content (AvgIpc) is 3.58. The van der Waals surface area contributed by atoms with Crippen LogP contribution in [-0.2, 0) is 25.6 Å². The van der Waals surface area contributed by atoms with E-state index >= 15 is 0 Å². The van der Waals surface area contributed by atoms with Crippen molar-refractivity contribution in [1.29, 1.82) is 0 Å². The van der Waals surface area contributed by atoms with Crippen LogP contribution >= 0.6 is 0 Å². The molecule has 5 aromatic rings. The van der Waals surface area contributed by atoms with Crippen LogP contribution in [0.3, 0.4) is 0 Å². The van der Waals surface area contributed by atoms with Gasteiger partial charge in [0.1, 0.15) is 23.7 Å². The fourth-order valence-electron chi connectivity index (χ4n) is 8.59. The number of H-pyrrole nitrogens is 2. The molecule has 2 aliphatic rings. The summed E-state index contributed by atoms with van der Waals surface area (Å²) in [6.45, 7) is 10.9. The molecule has 2 aromatic heterocycles. The lowest BCUT2D eigenvalue weighted by molar-refractivity contribution is -0.136. The number of alkyl carbamates (subject to hydrolysis) is 2. The molecule has 15 nitrogen and oxygen atoms in total. The van der Waals surface area contributed by atoms with Crippen LogP contribution in [0.15, 0.2) is 78.0 Å². The Morgan fingerprint density at radius 2 is 1.38 bits per heavy atom. The summed E-state index contributed by atoms with van der Waals surface area (Å²) in [6, 6.07) is 19.4. The van der Waals surface area contributed by atoms with Crippen LogP contribution in [0.25, 0.3) is 44.4 Å². The minimum Gasteiger partial charge on any atom is -0.453 e. The third kappa shape index (κ3) is 10.1. The number of carbonyl (C=O) groups excluding carboxylic acids is 4. The molecule has 4 amide bonds. The smallest absolute Gasteiger partial charge is 0.407 e. The molecule has 2 fully saturated rings. The van der Waals surface area contributed by atoms with Crippen molar-refractivity contribution in [1.82, 2.24) is 40.4 Å². The second kappa shape index (κ2) is 18.9. The first kappa shape index (κ1) is 44.5. The Morgan fingerprint density at radius 1 is 0.810 bits per heavy atom. The van der Waals surface area contributed by atoms with Gasteiger partial charge in [0.05, 0.1) is 50.6 Å². The van der Waals surface area contributed by atoms with Crippen molar-refractivity contribution >= 4 is 41.0 Å². The molecule has 15 heteroatoms. The number of nitrogens with zero attached hydrogens (tertiary/aromatic N) is 5. The second-order valence-electron chi connectivity index (χ2n) is 17.8. The summed E-state index contributed by atoms with van der Waals surface area (Å²) < 4.78 is 9.61. The summed E-state index contributed by atoms with van der Waals surface area (Å²) in [7, 11) is 4.29. The van der Waals surface area contributed by atoms with Crippen LogP contribution in [0, 0.1) is 23.2 Å². The number of imidazole rings is 2. The highest BCUT2D eigenvalue weighted by atomic mass is 16.5. The van der Waals surface area contributed by atoms with Gasteiger partial charge in [-0.1, -0.05) is 83.1 Å². The van der Waals surface area contributed by atoms with E-state index in [1.54, 1.807) is 24.4 Å². The van der Waals surface area contributed by atoms with Gasteiger partial charge in [-0.2, -0.15) is 0 Å². The van der Waals surface area contributed by atoms with E-state index in [2.05, 4.69) is 91.2 Å². The molecule has 1 saturated carbocycles. The Labute approximate surface area is 368 Å². The Balaban J connectivity index is 1.04. The number of nitrogens with one attached hydrogen (secondary N) is 4. The Kier molecular flexibility index (Phi) is 13.3. The Bertz CT molecular complexity index is 2470. The number of hydrogen-bond donors (Lipinski definition) is 4. The predicted molar refractivity (Wildman–Crippen MR) is 243 cm³/mol. The minimum atomic E-state index is -0.767. The molecule has 1 spiro atoms. The summed E-state index contributed by atoms with van der Waals surface area (Å²) in [4.78, 5) is 76.0. The number of aromatic amines is 2. The molecule has 63 heavy (non-hydrogen) atoms. The number of methoxy groups -OCH3 is 2. The van der Waals surface area contributed by atoms with Crippen LogP contribution in [0.5, 0.6) is 0 Å². The number of benzene rings is 3. The van der Waals surface area contributed by atoms with E-state index in [4.69, 9.17) is 14.5 Å². The fourth-order valence-corrected chi connectivity index (χ4v) is 8.59. The zero-order chi connectivity index (χ0) is 45.0. The van der Waals surface area contributed by atoms with Gasteiger partial charge in [-0.25, -0.2) is 19.6 Å². The summed E-state index contributed by atoms with van der Waals surface area (Å²) in [5, 5.41) is 7.60. The zero-order valence-electron chi connectivity index (χ0n) is 37.4. The molecule has 3 aromatic carbocycles. The first-order valence-electron chi connectivity index (χ1n) is 21.7. The molecule has 4 unspecified atom stereocenters. The number of carbonyl (C=O) groups is 4. The Morgan fingerprint density at radius 3 is 2.00 bits per heavy atom. The predicted octanol–water partition coefficient (Wildman–Crippen LogP) is 7.77. The van der Waals surface area contributed by atoms with Gasteiger partial charge in [-0.05, 0) is 76.1 Å². The van der Waals surface area contributed by atoms with Crippen molar-refractivity contribution in [2.45, 2.75) is 78.6 Å². The van der Waals surface area contributed by atoms with Crippen LogP contribution < -0.4 is 10.6 Å². The minimum absolute atomic E-state index is 0.0151. The molecule has 1 aliphatic carbocycles. The number of aliphatic imine (C=N–C) groups is 1. The van der Waals surface area contributed by atoms with Crippen LogP contribution in [-0.4, -0.2) is 106 Å². The quantitative estimate of drug-likeness (QED) is 0.0769. The SMILES string of the molecule is CN=CC(C)CN(Cc1ncc(-c2ccc3cc(-c4ccc(-c5cnc(C6CC7(CC7)CN6C(=O)C(NC(=O)OC)C(C)C)[nH]5)cc4)ccc3c2)[nH]1)C(=O)C(NC(=O)OC)C(C)C. The zero-order valence-corrected chi connectivity index (χ0v) is 37.4. The van der Waals surface area contributed by atoms with E-state index in [0.29, 0.717) is 18.9 Å². The van der Waals surface area contributed by atoms with E-state index in [1.807, 2.05) is 45.7 Å². The van der Waals surface area contributed by atoms with Crippen molar-refractivity contribution in [3.63, 3.8) is 0 Å². The number of likely N-dealkylation sites (tertiary alicyclic amines) is 1. The molecule has 0 bridgehead atoms. The number of rotatable bonds is 15. The number of aromatic nitrogens is 4. The maximum absolute atomic E-state index is 13.9. The van der Waals surface area contributed by atoms with E-state index in [9.17, 15) is 19.2 Å². The van der Waals surface area contributed by atoms with Gasteiger partial charge in [0.25, 0.3) is 0 Å². The molecule has 4 atom stereocenters. The van der Waals surface area contributed by atoms with Gasteiger partial charge < -0.3 is 44.9 Å². The highest BCUT2D eigenvalue weighted by molar-refractivity contribution is 5.91. The maximum atomic E-state index is 13.9. The summed E-state index contributed by atoms with van der Waals surface area (Å²) in [6.07, 6.45) is 7.15. The van der Waals surface area contributed by atoms with Crippen molar-refractivity contribution in [3.05, 3.63) is 84.7 Å². The highest BCUT2D eigenvalue weighted by Crippen LogP contribution is 2.58. The third-order valence-electron chi connectivity index (χ3n) is 12.3. The van der Waals surface area contributed by atoms with E-state index in [1.165, 1.54) is 14.2 Å². The van der Waals surface area contributed by atoms with Crippen LogP contribution in [0.1, 0.15) is 71.6 Å². The van der Waals surface area contributed by atoms with Gasteiger partial charge >= 0.3 is 12.2 Å². The lowest BCUT2D eigenvalue weighted by atomic mass is 9.98. The van der Waals surface area contributed by atoms with E-state index in [0.717, 1.165) is 69.5 Å². The van der Waals surface area contributed by atoms with Gasteiger partial charge in [0, 0.05) is 37.8 Å². The average molecular weight is 858 g/mol. The molecular formula is C48H59N9O6. The number of fused-ring (bicyclic) bond motifs is 1. The second-order valence-corrected chi connectivity index (χ2v) is 17.8. The monoisotopic (exact) mass is 857 g/mol. The van der Waals surface area contributed by atoms with E-state index in [-0.39, 0.29) is 47.6 Å². The summed E-state index contributed by atoms with van der Waals surface area (Å²) in [5.41, 5.74) is 5.92. The summed E-state index contributed by atoms with van der Waals surface area (Å²) in [5.74, 6) is 0.747. The molecule has 0 radical (unpaired) electrons. The number of hydrogen-bond acceptors (Lipinski definition) is 9. The highest BCUT2D eigenvalue weighted by Gasteiger charge is 2.55. The van der Waals surface area contributed by atoms with Gasteiger partial charge in [0.15, 0.2) is 0 Å². The normalized spacial score (nSPS) is 17.0. The lowest BCUT2D eigenvalue weighted by Crippen LogP contribution is -2.52. The van der Waals surface area contributed by atoms with Gasteiger partial charge in [-0.15, -0.1) is 0 Å². The van der Waals surface area contributed by atoms with Crippen molar-refractivity contribution < 1.29 is 28.7 Å². The van der Waals surface area contributed by atoms with Crippen LogP contribution in [0.4, 0.5) is 9.59 Å². The standard InChI is InChI=1S/C48H59N9O6/c1-28(2)41(54-46(60)62-7)44(58)56(25-30(5)22-49-6)26-40-50-23-38(52-40)36-16-15-34-19-33(13-14-35(34)20-36)31-9-11-32(12-10-31)37-24-51-43(53-37)39-21-48(17-18-48)27-57(39)45(59)42(29(3)4)55-47(61)63-8/h9-16,19-20,22-24,28-30,39,41-42H,17-18,21,25-27H2,1-8H3,(H,50,52)(H,51,53)(H,54,60)(H,55,61). The van der Waals surface area contributed by atoms with Crippen molar-refractivity contribution in [2.75, 3.05) is 34.4 Å². The third-order valence-corrected chi connectivity index (χ3v) is 12.3. The fraction of sp³-hybridized carbons (Fsp3) is 0.438. The number of amides is 4. The molecule has 1 aliphatic heterocycles. The van der Waals surface area contributed by atoms with Crippen LogP contribution in [0.2, 0.25) is 0 Å². The van der Waals surface area contributed by atoms with Crippen molar-refractivity contribution in [2.24, 2.45) is 28.2 Å².